The van der Waals surface area contributed by atoms with Gasteiger partial charge >= 0.3 is 0 Å². The van der Waals surface area contributed by atoms with Gasteiger partial charge in [-0.2, -0.15) is 0 Å². The fourth-order valence-corrected chi connectivity index (χ4v) is 5.41. The molecule has 0 N–H and O–H groups in total. The number of halogens is 2. The summed E-state index contributed by atoms with van der Waals surface area (Å²) in [6, 6.07) is 9.58. The number of hydrogen-bond acceptors (Lipinski definition) is 6. The van der Waals surface area contributed by atoms with Crippen LogP contribution in [0.15, 0.2) is 41.3 Å². The zero-order valence-corrected chi connectivity index (χ0v) is 19.5. The van der Waals surface area contributed by atoms with Crippen molar-refractivity contribution >= 4 is 44.4 Å². The number of fused-ring (bicyclic) bond motifs is 1. The molecule has 1 aliphatic rings. The molecule has 2 heterocycles. The van der Waals surface area contributed by atoms with Crippen LogP contribution in [0.5, 0.6) is 0 Å². The zero-order valence-electron chi connectivity index (χ0n) is 17.9. The van der Waals surface area contributed by atoms with Crippen molar-refractivity contribution < 1.29 is 18.3 Å². The van der Waals surface area contributed by atoms with Gasteiger partial charge in [-0.1, -0.05) is 24.3 Å². The first-order valence-corrected chi connectivity index (χ1v) is 12.5. The predicted octanol–water partition coefficient (Wildman–Crippen LogP) is 5.06. The summed E-state index contributed by atoms with van der Waals surface area (Å²) in [5.74, 6) is -0.654. The van der Waals surface area contributed by atoms with E-state index in [9.17, 15) is 13.6 Å². The van der Waals surface area contributed by atoms with E-state index in [4.69, 9.17) is 4.74 Å². The summed E-state index contributed by atoms with van der Waals surface area (Å²) < 4.78 is 33.7. The highest BCUT2D eigenvalue weighted by Crippen LogP contribution is 2.32. The maximum atomic E-state index is 14.3. The highest BCUT2D eigenvalue weighted by molar-refractivity contribution is 7.99. The Morgan fingerprint density at radius 2 is 2.06 bits per heavy atom. The Kier molecular flexibility index (Phi) is 7.72. The first-order chi connectivity index (χ1) is 15.5. The summed E-state index contributed by atoms with van der Waals surface area (Å²) in [7, 11) is 0. The Bertz CT molecular complexity index is 1090. The summed E-state index contributed by atoms with van der Waals surface area (Å²) >= 11 is 2.80. The first kappa shape index (κ1) is 23.1. The Balaban J connectivity index is 1.60. The molecule has 1 fully saturated rings. The molecule has 32 heavy (non-hydrogen) atoms. The molecule has 5 nitrogen and oxygen atoms in total. The van der Waals surface area contributed by atoms with E-state index < -0.39 is 11.6 Å². The number of thiazole rings is 1. The van der Waals surface area contributed by atoms with Gasteiger partial charge in [-0.25, -0.2) is 13.8 Å². The van der Waals surface area contributed by atoms with Crippen LogP contribution < -0.4 is 4.90 Å². The molecule has 0 atom stereocenters. The van der Waals surface area contributed by atoms with Crippen molar-refractivity contribution in [3.05, 3.63) is 53.6 Å². The van der Waals surface area contributed by atoms with Crippen LogP contribution in [0.4, 0.5) is 13.9 Å². The largest absolute Gasteiger partial charge is 0.379 e. The Hall–Kier alpha value is -2.07. The van der Waals surface area contributed by atoms with Gasteiger partial charge in [-0.15, -0.1) is 11.8 Å². The van der Waals surface area contributed by atoms with Crippen LogP contribution in [0, 0.1) is 11.6 Å². The van der Waals surface area contributed by atoms with Crippen LogP contribution in [-0.4, -0.2) is 60.9 Å². The van der Waals surface area contributed by atoms with E-state index in [-0.39, 0.29) is 11.4 Å². The second-order valence-electron chi connectivity index (χ2n) is 7.46. The van der Waals surface area contributed by atoms with Crippen molar-refractivity contribution in [2.45, 2.75) is 18.2 Å². The number of amides is 1. The third-order valence-corrected chi connectivity index (χ3v) is 7.13. The lowest BCUT2D eigenvalue weighted by atomic mass is 10.2. The lowest BCUT2D eigenvalue weighted by Crippen LogP contribution is -2.39. The summed E-state index contributed by atoms with van der Waals surface area (Å²) in [6.45, 7) is 6.50. The van der Waals surface area contributed by atoms with Gasteiger partial charge < -0.3 is 4.74 Å². The summed E-state index contributed by atoms with van der Waals surface area (Å²) in [5, 5.41) is 0.380. The molecule has 0 unspecified atom stereocenters. The standard InChI is InChI=1S/C23H25F2N3O2S2/c1-2-31-18-6-3-5-16(13-18)22(29)28(8-4-7-27-9-11-30-12-10-27)23-26-21-19(25)14-17(24)15-20(21)32-23/h3,5-6,13-15H,2,4,7-12H2,1H3. The number of benzene rings is 2. The van der Waals surface area contributed by atoms with E-state index in [0.717, 1.165) is 54.1 Å². The average molecular weight is 478 g/mol. The smallest absolute Gasteiger partial charge is 0.260 e. The van der Waals surface area contributed by atoms with Crippen LogP contribution in [0.3, 0.4) is 0 Å². The highest BCUT2D eigenvalue weighted by Gasteiger charge is 2.23. The highest BCUT2D eigenvalue weighted by atomic mass is 32.2. The van der Waals surface area contributed by atoms with Gasteiger partial charge in [0.15, 0.2) is 10.9 Å². The molecular weight excluding hydrogens is 452 g/mol. The number of carbonyl (C=O) groups is 1. The van der Waals surface area contributed by atoms with Crippen molar-refractivity contribution in [1.82, 2.24) is 9.88 Å². The van der Waals surface area contributed by atoms with E-state index in [2.05, 4.69) is 16.8 Å². The Morgan fingerprint density at radius 3 is 2.84 bits per heavy atom. The van der Waals surface area contributed by atoms with Gasteiger partial charge in [0, 0.05) is 42.7 Å². The third-order valence-electron chi connectivity index (χ3n) is 5.23. The molecule has 1 amide bonds. The van der Waals surface area contributed by atoms with Crippen LogP contribution in [-0.2, 0) is 4.74 Å². The van der Waals surface area contributed by atoms with Crippen molar-refractivity contribution in [3.63, 3.8) is 0 Å². The zero-order chi connectivity index (χ0) is 22.5. The molecule has 3 aromatic rings. The maximum absolute atomic E-state index is 14.3. The normalized spacial score (nSPS) is 14.7. The molecule has 0 saturated carbocycles. The van der Waals surface area contributed by atoms with Crippen molar-refractivity contribution in [3.8, 4) is 0 Å². The molecule has 1 aliphatic heterocycles. The van der Waals surface area contributed by atoms with Crippen LogP contribution in [0.1, 0.15) is 23.7 Å². The van der Waals surface area contributed by atoms with E-state index in [1.54, 1.807) is 22.7 Å². The van der Waals surface area contributed by atoms with Gasteiger partial charge in [0.2, 0.25) is 0 Å². The molecular formula is C23H25F2N3O2S2. The minimum Gasteiger partial charge on any atom is -0.379 e. The van der Waals surface area contributed by atoms with Gasteiger partial charge in [0.05, 0.1) is 17.9 Å². The van der Waals surface area contributed by atoms with Crippen molar-refractivity contribution in [2.75, 3.05) is 50.0 Å². The number of rotatable bonds is 8. The van der Waals surface area contributed by atoms with E-state index in [1.165, 1.54) is 6.07 Å². The third kappa shape index (κ3) is 5.46. The minimum absolute atomic E-state index is 0.0904. The minimum atomic E-state index is -0.718. The van der Waals surface area contributed by atoms with Crippen molar-refractivity contribution in [1.29, 1.82) is 0 Å². The molecule has 0 spiro atoms. The van der Waals surface area contributed by atoms with E-state index in [1.807, 2.05) is 18.2 Å². The number of carbonyl (C=O) groups excluding carboxylic acids is 1. The summed E-state index contributed by atoms with van der Waals surface area (Å²) in [5.41, 5.74) is 0.647. The number of ether oxygens (including phenoxy) is 1. The number of thioether (sulfide) groups is 1. The quantitative estimate of drug-likeness (QED) is 0.425. The number of anilines is 1. The van der Waals surface area contributed by atoms with Crippen LogP contribution >= 0.6 is 23.1 Å². The molecule has 0 bridgehead atoms. The van der Waals surface area contributed by atoms with E-state index >= 15 is 0 Å². The molecule has 1 saturated heterocycles. The lowest BCUT2D eigenvalue weighted by Gasteiger charge is -2.27. The monoisotopic (exact) mass is 477 g/mol. The second kappa shape index (κ2) is 10.7. The molecule has 0 aliphatic carbocycles. The predicted molar refractivity (Wildman–Crippen MR) is 126 cm³/mol. The lowest BCUT2D eigenvalue weighted by molar-refractivity contribution is 0.0376. The summed E-state index contributed by atoms with van der Waals surface area (Å²) in [6.07, 6.45) is 0.738. The molecule has 170 valence electrons. The number of morpholine rings is 1. The van der Waals surface area contributed by atoms with Crippen LogP contribution in [0.25, 0.3) is 10.2 Å². The Labute approximate surface area is 194 Å². The van der Waals surface area contributed by atoms with Gasteiger partial charge in [0.1, 0.15) is 11.3 Å². The maximum Gasteiger partial charge on any atom is 0.260 e. The average Bonchev–Trinajstić information content (AvgIpc) is 3.21. The Morgan fingerprint density at radius 1 is 1.25 bits per heavy atom. The molecule has 2 aromatic carbocycles. The number of nitrogens with zero attached hydrogens (tertiary/aromatic N) is 3. The fourth-order valence-electron chi connectivity index (χ4n) is 3.66. The SMILES string of the molecule is CCSc1cccc(C(=O)N(CCCN2CCOCC2)c2nc3c(F)cc(F)cc3s2)c1. The van der Waals surface area contributed by atoms with Crippen LogP contribution in [0.2, 0.25) is 0 Å². The number of aromatic nitrogens is 1. The van der Waals surface area contributed by atoms with Gasteiger partial charge in [-0.3, -0.25) is 14.6 Å². The number of hydrogen-bond donors (Lipinski definition) is 0. The molecule has 1 aromatic heterocycles. The molecule has 4 rings (SSSR count). The first-order valence-electron chi connectivity index (χ1n) is 10.7. The van der Waals surface area contributed by atoms with Gasteiger partial charge in [-0.05, 0) is 36.4 Å². The molecule has 0 radical (unpaired) electrons. The molecule has 9 heteroatoms. The summed E-state index contributed by atoms with van der Waals surface area (Å²) in [4.78, 5) is 22.8. The van der Waals surface area contributed by atoms with Gasteiger partial charge in [0.25, 0.3) is 5.91 Å². The second-order valence-corrected chi connectivity index (χ2v) is 9.80. The van der Waals surface area contributed by atoms with E-state index in [0.29, 0.717) is 35.2 Å². The fraction of sp³-hybridized carbons (Fsp3) is 0.391. The van der Waals surface area contributed by atoms with Crippen molar-refractivity contribution in [2.24, 2.45) is 0 Å². The topological polar surface area (TPSA) is 45.7 Å².